The first kappa shape index (κ1) is 9.07. The zero-order chi connectivity index (χ0) is 9.30. The molecule has 2 heteroatoms. The van der Waals surface area contributed by atoms with Crippen molar-refractivity contribution in [1.82, 2.24) is 0 Å². The molecule has 0 aliphatic carbocycles. The van der Waals surface area contributed by atoms with E-state index in [9.17, 15) is 5.11 Å². The van der Waals surface area contributed by atoms with Gasteiger partial charge in [0.05, 0.1) is 0 Å². The normalized spacial score (nSPS) is 10.3. The zero-order valence-electron chi connectivity index (χ0n) is 7.81. The van der Waals surface area contributed by atoms with E-state index in [2.05, 4.69) is 0 Å². The maximum Gasteiger partial charge on any atom is 0.123 e. The quantitative estimate of drug-likeness (QED) is 0.666. The molecule has 66 valence electrons. The van der Waals surface area contributed by atoms with Gasteiger partial charge in [0.25, 0.3) is 0 Å². The summed E-state index contributed by atoms with van der Waals surface area (Å²) in [7, 11) is 0. The summed E-state index contributed by atoms with van der Waals surface area (Å²) in [6, 6.07) is 1.98. The Morgan fingerprint density at radius 1 is 1.25 bits per heavy atom. The molecule has 0 aliphatic heterocycles. The van der Waals surface area contributed by atoms with E-state index >= 15 is 0 Å². The van der Waals surface area contributed by atoms with Crippen molar-refractivity contribution < 1.29 is 5.11 Å². The van der Waals surface area contributed by atoms with Crippen LogP contribution in [-0.4, -0.2) is 5.11 Å². The van der Waals surface area contributed by atoms with E-state index in [1.54, 1.807) is 0 Å². The highest BCUT2D eigenvalue weighted by Crippen LogP contribution is 2.27. The molecule has 12 heavy (non-hydrogen) atoms. The number of phenolic OH excluding ortho intramolecular Hbond substituents is 1. The van der Waals surface area contributed by atoms with Crippen LogP contribution in [0.3, 0.4) is 0 Å². The van der Waals surface area contributed by atoms with Crippen molar-refractivity contribution in [2.75, 3.05) is 0 Å². The van der Waals surface area contributed by atoms with Crippen LogP contribution in [0.25, 0.3) is 0 Å². The Hall–Kier alpha value is -1.02. The van der Waals surface area contributed by atoms with Crippen LogP contribution in [0.15, 0.2) is 6.07 Å². The van der Waals surface area contributed by atoms with Crippen molar-refractivity contribution in [1.29, 1.82) is 0 Å². The SMILES string of the molecule is Cc1cc(C)c(O)c(CN)c1C. The number of hydrogen-bond acceptors (Lipinski definition) is 2. The van der Waals surface area contributed by atoms with Gasteiger partial charge in [-0.3, -0.25) is 0 Å². The lowest BCUT2D eigenvalue weighted by Gasteiger charge is -2.11. The van der Waals surface area contributed by atoms with Crippen molar-refractivity contribution in [2.45, 2.75) is 27.3 Å². The van der Waals surface area contributed by atoms with Crippen LogP contribution in [-0.2, 0) is 6.54 Å². The number of nitrogens with two attached hydrogens (primary N) is 1. The van der Waals surface area contributed by atoms with Gasteiger partial charge in [0.1, 0.15) is 5.75 Å². The van der Waals surface area contributed by atoms with Gasteiger partial charge in [-0.15, -0.1) is 0 Å². The average molecular weight is 165 g/mol. The minimum Gasteiger partial charge on any atom is -0.507 e. The minimum absolute atomic E-state index is 0.348. The predicted octanol–water partition coefficient (Wildman–Crippen LogP) is 1.78. The molecule has 0 saturated heterocycles. The summed E-state index contributed by atoms with van der Waals surface area (Å²) in [5.74, 6) is 0.348. The van der Waals surface area contributed by atoms with Crippen LogP contribution in [0.2, 0.25) is 0 Å². The molecule has 0 bridgehead atoms. The summed E-state index contributed by atoms with van der Waals surface area (Å²) in [6.45, 7) is 6.30. The van der Waals surface area contributed by atoms with Gasteiger partial charge >= 0.3 is 0 Å². The van der Waals surface area contributed by atoms with Crippen LogP contribution in [0.1, 0.15) is 22.3 Å². The summed E-state index contributed by atoms with van der Waals surface area (Å²) in [4.78, 5) is 0. The topological polar surface area (TPSA) is 46.2 Å². The van der Waals surface area contributed by atoms with Crippen molar-refractivity contribution >= 4 is 0 Å². The van der Waals surface area contributed by atoms with Crippen LogP contribution >= 0.6 is 0 Å². The van der Waals surface area contributed by atoms with Crippen molar-refractivity contribution in [2.24, 2.45) is 5.73 Å². The average Bonchev–Trinajstić information content (AvgIpc) is 2.02. The van der Waals surface area contributed by atoms with E-state index in [1.807, 2.05) is 26.8 Å². The molecule has 0 saturated carbocycles. The molecular weight excluding hydrogens is 150 g/mol. The van der Waals surface area contributed by atoms with Crippen LogP contribution < -0.4 is 5.73 Å². The van der Waals surface area contributed by atoms with Gasteiger partial charge in [-0.1, -0.05) is 6.07 Å². The summed E-state index contributed by atoms with van der Waals surface area (Å²) >= 11 is 0. The lowest BCUT2D eigenvalue weighted by molar-refractivity contribution is 0.463. The molecule has 0 heterocycles. The first-order valence-corrected chi connectivity index (χ1v) is 4.06. The third kappa shape index (κ3) is 1.30. The van der Waals surface area contributed by atoms with Crippen LogP contribution in [0.4, 0.5) is 0 Å². The molecule has 0 amide bonds. The number of rotatable bonds is 1. The first-order valence-electron chi connectivity index (χ1n) is 4.06. The highest BCUT2D eigenvalue weighted by molar-refractivity contribution is 5.48. The molecule has 1 aromatic carbocycles. The van der Waals surface area contributed by atoms with Crippen molar-refractivity contribution in [3.05, 3.63) is 28.3 Å². The lowest BCUT2D eigenvalue weighted by Crippen LogP contribution is -2.02. The summed E-state index contributed by atoms with van der Waals surface area (Å²) in [6.07, 6.45) is 0. The fourth-order valence-corrected chi connectivity index (χ4v) is 1.40. The Bertz CT molecular complexity index is 279. The van der Waals surface area contributed by atoms with E-state index < -0.39 is 0 Å². The standard InChI is InChI=1S/C10H15NO/c1-6-4-7(2)10(12)9(5-11)8(6)3/h4,12H,5,11H2,1-3H3. The lowest BCUT2D eigenvalue weighted by atomic mass is 9.99. The molecule has 0 spiro atoms. The second-order valence-electron chi connectivity index (χ2n) is 3.17. The second-order valence-corrected chi connectivity index (χ2v) is 3.17. The Morgan fingerprint density at radius 2 is 1.83 bits per heavy atom. The maximum atomic E-state index is 9.62. The van der Waals surface area contributed by atoms with Gasteiger partial charge in [-0.25, -0.2) is 0 Å². The highest BCUT2D eigenvalue weighted by atomic mass is 16.3. The third-order valence-corrected chi connectivity index (χ3v) is 2.34. The van der Waals surface area contributed by atoms with Gasteiger partial charge in [-0.05, 0) is 37.5 Å². The van der Waals surface area contributed by atoms with Gasteiger partial charge in [-0.2, -0.15) is 0 Å². The number of benzene rings is 1. The molecule has 0 fully saturated rings. The summed E-state index contributed by atoms with van der Waals surface area (Å²) in [5.41, 5.74) is 9.58. The number of aryl methyl sites for hydroxylation is 2. The molecule has 0 atom stereocenters. The molecule has 0 unspecified atom stereocenters. The Kier molecular flexibility index (Phi) is 2.38. The van der Waals surface area contributed by atoms with Crippen molar-refractivity contribution in [3.63, 3.8) is 0 Å². The predicted molar refractivity (Wildman–Crippen MR) is 50.2 cm³/mol. The van der Waals surface area contributed by atoms with Gasteiger partial charge in [0.15, 0.2) is 0 Å². The summed E-state index contributed by atoms with van der Waals surface area (Å²) in [5, 5.41) is 9.62. The van der Waals surface area contributed by atoms with Crippen LogP contribution in [0.5, 0.6) is 5.75 Å². The van der Waals surface area contributed by atoms with Crippen LogP contribution in [0, 0.1) is 20.8 Å². The molecule has 0 aromatic heterocycles. The molecule has 2 nitrogen and oxygen atoms in total. The molecular formula is C10H15NO. The van der Waals surface area contributed by atoms with E-state index in [0.717, 1.165) is 16.7 Å². The minimum atomic E-state index is 0.348. The maximum absolute atomic E-state index is 9.62. The monoisotopic (exact) mass is 165 g/mol. The fraction of sp³-hybridized carbons (Fsp3) is 0.400. The number of hydrogen-bond donors (Lipinski definition) is 2. The first-order chi connectivity index (χ1) is 5.57. The Morgan fingerprint density at radius 3 is 2.33 bits per heavy atom. The van der Waals surface area contributed by atoms with Crippen molar-refractivity contribution in [3.8, 4) is 5.75 Å². The van der Waals surface area contributed by atoms with Gasteiger partial charge < -0.3 is 10.8 Å². The van der Waals surface area contributed by atoms with E-state index in [1.165, 1.54) is 5.56 Å². The highest BCUT2D eigenvalue weighted by Gasteiger charge is 2.08. The molecule has 0 radical (unpaired) electrons. The molecule has 3 N–H and O–H groups in total. The van der Waals surface area contributed by atoms with Gasteiger partial charge in [0.2, 0.25) is 0 Å². The second kappa shape index (κ2) is 3.15. The molecule has 1 aromatic rings. The molecule has 0 aliphatic rings. The van der Waals surface area contributed by atoms with E-state index in [-0.39, 0.29) is 0 Å². The number of aromatic hydroxyl groups is 1. The van der Waals surface area contributed by atoms with Gasteiger partial charge in [0, 0.05) is 12.1 Å². The number of phenols is 1. The fourth-order valence-electron chi connectivity index (χ4n) is 1.40. The summed E-state index contributed by atoms with van der Waals surface area (Å²) < 4.78 is 0. The zero-order valence-corrected chi connectivity index (χ0v) is 7.81. The smallest absolute Gasteiger partial charge is 0.123 e. The van der Waals surface area contributed by atoms with E-state index in [4.69, 9.17) is 5.73 Å². The van der Waals surface area contributed by atoms with E-state index in [0.29, 0.717) is 12.3 Å². The molecule has 1 rings (SSSR count). The Labute approximate surface area is 73.0 Å². The third-order valence-electron chi connectivity index (χ3n) is 2.34. The Balaban J connectivity index is 3.42. The largest absolute Gasteiger partial charge is 0.507 e.